The molecule has 3 heteroatoms. The maximum absolute atomic E-state index is 4.47. The molecule has 1 aliphatic carbocycles. The summed E-state index contributed by atoms with van der Waals surface area (Å²) in [6, 6.07) is 7.63. The van der Waals surface area contributed by atoms with Gasteiger partial charge in [0.2, 0.25) is 0 Å². The van der Waals surface area contributed by atoms with E-state index >= 15 is 0 Å². The van der Waals surface area contributed by atoms with E-state index in [9.17, 15) is 0 Å². The summed E-state index contributed by atoms with van der Waals surface area (Å²) >= 11 is 0. The topological polar surface area (TPSA) is 28.2 Å². The molecule has 0 amide bonds. The van der Waals surface area contributed by atoms with Crippen LogP contribution in [0.4, 0.5) is 5.82 Å². The fourth-order valence-electron chi connectivity index (χ4n) is 3.99. The van der Waals surface area contributed by atoms with E-state index in [-0.39, 0.29) is 0 Å². The lowest BCUT2D eigenvalue weighted by atomic mass is 9.75. The van der Waals surface area contributed by atoms with Gasteiger partial charge in [0.25, 0.3) is 0 Å². The van der Waals surface area contributed by atoms with Gasteiger partial charge < -0.3 is 10.2 Å². The zero-order valence-electron chi connectivity index (χ0n) is 13.5. The van der Waals surface area contributed by atoms with Gasteiger partial charge in [-0.15, -0.1) is 0 Å². The van der Waals surface area contributed by atoms with Crippen molar-refractivity contribution in [2.45, 2.75) is 64.5 Å². The number of nitrogens with one attached hydrogen (secondary N) is 1. The molecule has 1 N–H and O–H groups in total. The van der Waals surface area contributed by atoms with Crippen LogP contribution >= 0.6 is 0 Å². The molecule has 1 unspecified atom stereocenters. The third kappa shape index (κ3) is 3.97. The van der Waals surface area contributed by atoms with Crippen LogP contribution in [-0.4, -0.2) is 30.2 Å². The van der Waals surface area contributed by atoms with E-state index in [0.717, 1.165) is 24.9 Å². The van der Waals surface area contributed by atoms with Crippen molar-refractivity contribution in [3.8, 4) is 0 Å². The Bertz CT molecular complexity index is 435. The number of hydrogen-bond acceptors (Lipinski definition) is 3. The van der Waals surface area contributed by atoms with E-state index in [1.165, 1.54) is 38.5 Å². The Morgan fingerprint density at radius 3 is 2.62 bits per heavy atom. The van der Waals surface area contributed by atoms with E-state index in [0.29, 0.717) is 11.5 Å². The smallest absolute Gasteiger partial charge is 0.128 e. The Hall–Kier alpha value is -1.09. The number of nitrogens with zero attached hydrogens (tertiary/aromatic N) is 2. The Balaban J connectivity index is 1.48. The first kappa shape index (κ1) is 14.8. The minimum absolute atomic E-state index is 0.532. The van der Waals surface area contributed by atoms with E-state index in [2.05, 4.69) is 41.2 Å². The number of hydrogen-bond donors (Lipinski definition) is 1. The molecule has 1 saturated carbocycles. The van der Waals surface area contributed by atoms with Gasteiger partial charge in [-0.2, -0.15) is 0 Å². The number of rotatable bonds is 3. The van der Waals surface area contributed by atoms with Crippen molar-refractivity contribution in [2.24, 2.45) is 5.41 Å². The molecule has 1 aliphatic heterocycles. The molecule has 0 radical (unpaired) electrons. The average molecular weight is 287 g/mol. The first-order valence-electron chi connectivity index (χ1n) is 8.54. The van der Waals surface area contributed by atoms with E-state index in [1.807, 2.05) is 12.3 Å². The minimum Gasteiger partial charge on any atom is -0.357 e. The second kappa shape index (κ2) is 6.35. The van der Waals surface area contributed by atoms with Crippen LogP contribution in [0.3, 0.4) is 0 Å². The van der Waals surface area contributed by atoms with E-state index < -0.39 is 0 Å². The Labute approximate surface area is 129 Å². The summed E-state index contributed by atoms with van der Waals surface area (Å²) in [5, 5.41) is 3.94. The summed E-state index contributed by atoms with van der Waals surface area (Å²) in [5.41, 5.74) is 0.532. The highest BCUT2D eigenvalue weighted by molar-refractivity contribution is 5.38. The van der Waals surface area contributed by atoms with E-state index in [1.54, 1.807) is 0 Å². The van der Waals surface area contributed by atoms with Gasteiger partial charge in [-0.1, -0.05) is 26.3 Å². The zero-order valence-corrected chi connectivity index (χ0v) is 13.5. The molecule has 1 aromatic heterocycles. The van der Waals surface area contributed by atoms with Crippen molar-refractivity contribution >= 4 is 5.82 Å². The lowest BCUT2D eigenvalue weighted by Crippen LogP contribution is -2.48. The van der Waals surface area contributed by atoms with Gasteiger partial charge in [0.05, 0.1) is 0 Å². The van der Waals surface area contributed by atoms with Gasteiger partial charge in [-0.05, 0) is 49.7 Å². The molecule has 2 heterocycles. The fourth-order valence-corrected chi connectivity index (χ4v) is 3.99. The largest absolute Gasteiger partial charge is 0.357 e. The summed E-state index contributed by atoms with van der Waals surface area (Å²) in [7, 11) is 0. The van der Waals surface area contributed by atoms with Gasteiger partial charge in [0.1, 0.15) is 5.82 Å². The number of aromatic nitrogens is 1. The minimum atomic E-state index is 0.532. The highest BCUT2D eigenvalue weighted by Gasteiger charge is 2.30. The van der Waals surface area contributed by atoms with Crippen molar-refractivity contribution < 1.29 is 0 Å². The summed E-state index contributed by atoms with van der Waals surface area (Å²) in [5.74, 6) is 1.13. The SMILES string of the molecule is CC1(C)CCCC(NC2CCN(c3ccccn3)CC2)C1. The first-order valence-corrected chi connectivity index (χ1v) is 8.54. The van der Waals surface area contributed by atoms with Crippen LogP contribution in [0.5, 0.6) is 0 Å². The predicted molar refractivity (Wildman–Crippen MR) is 88.6 cm³/mol. The molecule has 0 bridgehead atoms. The molecular formula is C18H29N3. The summed E-state index contributed by atoms with van der Waals surface area (Å²) in [6.45, 7) is 7.10. The molecule has 2 fully saturated rings. The number of anilines is 1. The normalized spacial score (nSPS) is 26.8. The van der Waals surface area contributed by atoms with Crippen LogP contribution in [0.25, 0.3) is 0 Å². The van der Waals surface area contributed by atoms with Gasteiger partial charge >= 0.3 is 0 Å². The van der Waals surface area contributed by atoms with Crippen LogP contribution in [0.2, 0.25) is 0 Å². The van der Waals surface area contributed by atoms with Gasteiger partial charge in [0, 0.05) is 31.4 Å². The lowest BCUT2D eigenvalue weighted by molar-refractivity contribution is 0.183. The van der Waals surface area contributed by atoms with Crippen molar-refractivity contribution in [3.05, 3.63) is 24.4 Å². The van der Waals surface area contributed by atoms with E-state index in [4.69, 9.17) is 0 Å². The Morgan fingerprint density at radius 2 is 1.95 bits per heavy atom. The van der Waals surface area contributed by atoms with Crippen molar-refractivity contribution in [2.75, 3.05) is 18.0 Å². The molecule has 0 spiro atoms. The molecule has 116 valence electrons. The van der Waals surface area contributed by atoms with Crippen molar-refractivity contribution in [3.63, 3.8) is 0 Å². The zero-order chi connectivity index (χ0) is 14.7. The molecular weight excluding hydrogens is 258 g/mol. The molecule has 3 rings (SSSR count). The highest BCUT2D eigenvalue weighted by atomic mass is 15.2. The highest BCUT2D eigenvalue weighted by Crippen LogP contribution is 2.35. The van der Waals surface area contributed by atoms with Gasteiger partial charge in [-0.25, -0.2) is 4.98 Å². The Kier molecular flexibility index (Phi) is 4.48. The third-order valence-electron chi connectivity index (χ3n) is 5.14. The van der Waals surface area contributed by atoms with Crippen molar-refractivity contribution in [1.82, 2.24) is 10.3 Å². The second-order valence-electron chi connectivity index (χ2n) is 7.57. The fraction of sp³-hybridized carbons (Fsp3) is 0.722. The van der Waals surface area contributed by atoms with Crippen LogP contribution in [0, 0.1) is 5.41 Å². The first-order chi connectivity index (χ1) is 10.1. The monoisotopic (exact) mass is 287 g/mol. The maximum Gasteiger partial charge on any atom is 0.128 e. The molecule has 1 atom stereocenters. The predicted octanol–water partition coefficient (Wildman–Crippen LogP) is 3.61. The Morgan fingerprint density at radius 1 is 1.14 bits per heavy atom. The molecule has 3 nitrogen and oxygen atoms in total. The lowest BCUT2D eigenvalue weighted by Gasteiger charge is -2.40. The van der Waals surface area contributed by atoms with Crippen LogP contribution in [-0.2, 0) is 0 Å². The van der Waals surface area contributed by atoms with Crippen LogP contribution in [0.15, 0.2) is 24.4 Å². The van der Waals surface area contributed by atoms with Crippen molar-refractivity contribution in [1.29, 1.82) is 0 Å². The molecule has 2 aliphatic rings. The maximum atomic E-state index is 4.47. The van der Waals surface area contributed by atoms with Crippen LogP contribution < -0.4 is 10.2 Å². The standard InChI is InChI=1S/C18H29N3/c1-18(2)10-5-6-16(14-18)20-15-8-12-21(13-9-15)17-7-3-4-11-19-17/h3-4,7,11,15-16,20H,5-6,8-10,12-14H2,1-2H3. The summed E-state index contributed by atoms with van der Waals surface area (Å²) in [6.07, 6.45) is 9.86. The summed E-state index contributed by atoms with van der Waals surface area (Å²) in [4.78, 5) is 6.89. The van der Waals surface area contributed by atoms with Gasteiger partial charge in [-0.3, -0.25) is 0 Å². The number of pyridine rings is 1. The number of piperidine rings is 1. The molecule has 0 aromatic carbocycles. The second-order valence-corrected chi connectivity index (χ2v) is 7.57. The molecule has 1 aromatic rings. The molecule has 1 saturated heterocycles. The quantitative estimate of drug-likeness (QED) is 0.920. The summed E-state index contributed by atoms with van der Waals surface area (Å²) < 4.78 is 0. The van der Waals surface area contributed by atoms with Gasteiger partial charge in [0.15, 0.2) is 0 Å². The third-order valence-corrected chi connectivity index (χ3v) is 5.14. The van der Waals surface area contributed by atoms with Crippen LogP contribution in [0.1, 0.15) is 52.4 Å². The average Bonchev–Trinajstić information content (AvgIpc) is 2.48. The molecule has 21 heavy (non-hydrogen) atoms.